The number of benzene rings is 1. The largest absolute Gasteiger partial charge is 0.322 e. The molecule has 68 valence electrons. The Morgan fingerprint density at radius 2 is 1.75 bits per heavy atom. The van der Waals surface area contributed by atoms with Crippen LogP contribution < -0.4 is 5.73 Å². The summed E-state index contributed by atoms with van der Waals surface area (Å²) in [5.41, 5.74) is 5.68. The predicted molar refractivity (Wildman–Crippen MR) is 50.9 cm³/mol. The highest BCUT2D eigenvalue weighted by Crippen LogP contribution is 2.19. The zero-order valence-corrected chi connectivity index (χ0v) is 7.99. The van der Waals surface area contributed by atoms with E-state index in [0.717, 1.165) is 0 Å². The molecule has 0 spiro atoms. The normalized spacial score (nSPS) is 10.7. The highest BCUT2D eigenvalue weighted by atomic mass is 35.5. The van der Waals surface area contributed by atoms with Gasteiger partial charge in [-0.25, -0.2) is 4.39 Å². The van der Waals surface area contributed by atoms with Crippen LogP contribution in [0.1, 0.15) is 19.4 Å². The Kier molecular flexibility index (Phi) is 3.68. The summed E-state index contributed by atoms with van der Waals surface area (Å²) < 4.78 is 13.0. The zero-order chi connectivity index (χ0) is 8.48. The maximum atomic E-state index is 13.0. The standard InChI is InChI=1S/C9H12FN.ClH/c1-9(2,11)7-5-3-4-6-8(7)10;/h3-6H,11H2,1-2H3;1H. The van der Waals surface area contributed by atoms with Gasteiger partial charge in [0, 0.05) is 11.1 Å². The van der Waals surface area contributed by atoms with Crippen molar-refractivity contribution in [3.63, 3.8) is 0 Å². The summed E-state index contributed by atoms with van der Waals surface area (Å²) in [5.74, 6) is -0.236. The topological polar surface area (TPSA) is 26.0 Å². The minimum Gasteiger partial charge on any atom is -0.322 e. The third-order valence-corrected chi connectivity index (χ3v) is 1.57. The van der Waals surface area contributed by atoms with E-state index in [1.165, 1.54) is 6.07 Å². The van der Waals surface area contributed by atoms with E-state index in [9.17, 15) is 4.39 Å². The molecule has 0 radical (unpaired) electrons. The molecule has 0 saturated heterocycles. The zero-order valence-electron chi connectivity index (χ0n) is 7.17. The van der Waals surface area contributed by atoms with Crippen molar-refractivity contribution in [3.8, 4) is 0 Å². The second-order valence-corrected chi connectivity index (χ2v) is 3.20. The van der Waals surface area contributed by atoms with E-state index in [0.29, 0.717) is 5.56 Å². The number of hydrogen-bond acceptors (Lipinski definition) is 1. The molecule has 1 aromatic carbocycles. The van der Waals surface area contributed by atoms with Gasteiger partial charge < -0.3 is 5.73 Å². The molecule has 0 amide bonds. The molecule has 1 nitrogen and oxygen atoms in total. The van der Waals surface area contributed by atoms with Gasteiger partial charge in [0.1, 0.15) is 5.82 Å². The Labute approximate surface area is 78.2 Å². The predicted octanol–water partition coefficient (Wildman–Crippen LogP) is 2.44. The molecule has 1 aromatic rings. The number of rotatable bonds is 1. The molecule has 0 fully saturated rings. The Balaban J connectivity index is 0.00000121. The SMILES string of the molecule is CC(C)(N)c1ccccc1F.Cl. The lowest BCUT2D eigenvalue weighted by molar-refractivity contribution is 0.501. The summed E-state index contributed by atoms with van der Waals surface area (Å²) in [6.45, 7) is 3.57. The third kappa shape index (κ3) is 2.47. The summed E-state index contributed by atoms with van der Waals surface area (Å²) in [7, 11) is 0. The monoisotopic (exact) mass is 189 g/mol. The van der Waals surface area contributed by atoms with Crippen LogP contribution in [0.4, 0.5) is 4.39 Å². The van der Waals surface area contributed by atoms with Crippen molar-refractivity contribution >= 4 is 12.4 Å². The van der Waals surface area contributed by atoms with Crippen molar-refractivity contribution < 1.29 is 4.39 Å². The molecule has 1 rings (SSSR count). The molecule has 0 aliphatic rings. The second kappa shape index (κ2) is 3.87. The third-order valence-electron chi connectivity index (χ3n) is 1.57. The van der Waals surface area contributed by atoms with Gasteiger partial charge >= 0.3 is 0 Å². The number of halogens is 2. The lowest BCUT2D eigenvalue weighted by Gasteiger charge is -2.19. The summed E-state index contributed by atoms with van der Waals surface area (Å²) in [6.07, 6.45) is 0. The van der Waals surface area contributed by atoms with E-state index in [1.807, 2.05) is 0 Å². The van der Waals surface area contributed by atoms with Gasteiger partial charge in [0.25, 0.3) is 0 Å². The first-order valence-electron chi connectivity index (χ1n) is 3.56. The number of hydrogen-bond donors (Lipinski definition) is 1. The summed E-state index contributed by atoms with van der Waals surface area (Å²) >= 11 is 0. The maximum Gasteiger partial charge on any atom is 0.128 e. The molecule has 12 heavy (non-hydrogen) atoms. The lowest BCUT2D eigenvalue weighted by Crippen LogP contribution is -2.29. The molecule has 0 atom stereocenters. The van der Waals surface area contributed by atoms with Gasteiger partial charge in [-0.2, -0.15) is 0 Å². The Morgan fingerprint density at radius 1 is 1.25 bits per heavy atom. The van der Waals surface area contributed by atoms with E-state index < -0.39 is 5.54 Å². The molecular weight excluding hydrogens is 177 g/mol. The van der Waals surface area contributed by atoms with E-state index in [-0.39, 0.29) is 18.2 Å². The fraction of sp³-hybridized carbons (Fsp3) is 0.333. The van der Waals surface area contributed by atoms with Crippen LogP contribution in [0.15, 0.2) is 24.3 Å². The summed E-state index contributed by atoms with van der Waals surface area (Å²) in [5, 5.41) is 0. The minimum atomic E-state index is -0.592. The first-order chi connectivity index (χ1) is 5.02. The summed E-state index contributed by atoms with van der Waals surface area (Å²) in [6, 6.07) is 6.57. The fourth-order valence-electron chi connectivity index (χ4n) is 0.984. The minimum absolute atomic E-state index is 0. The van der Waals surface area contributed by atoms with E-state index >= 15 is 0 Å². The van der Waals surface area contributed by atoms with Crippen molar-refractivity contribution in [1.29, 1.82) is 0 Å². The van der Waals surface area contributed by atoms with E-state index in [2.05, 4.69) is 0 Å². The fourth-order valence-corrected chi connectivity index (χ4v) is 0.984. The smallest absolute Gasteiger partial charge is 0.128 e. The Morgan fingerprint density at radius 3 is 2.08 bits per heavy atom. The van der Waals surface area contributed by atoms with Crippen molar-refractivity contribution in [2.45, 2.75) is 19.4 Å². The molecule has 0 bridgehead atoms. The molecule has 0 aromatic heterocycles. The van der Waals surface area contributed by atoms with Crippen molar-refractivity contribution in [1.82, 2.24) is 0 Å². The molecule has 0 saturated carbocycles. The van der Waals surface area contributed by atoms with Gasteiger partial charge in [-0.3, -0.25) is 0 Å². The molecular formula is C9H13ClFN. The maximum absolute atomic E-state index is 13.0. The first-order valence-corrected chi connectivity index (χ1v) is 3.56. The van der Waals surface area contributed by atoms with Crippen LogP contribution in [-0.4, -0.2) is 0 Å². The van der Waals surface area contributed by atoms with E-state index in [4.69, 9.17) is 5.73 Å². The summed E-state index contributed by atoms with van der Waals surface area (Å²) in [4.78, 5) is 0. The van der Waals surface area contributed by atoms with Crippen LogP contribution in [0.5, 0.6) is 0 Å². The van der Waals surface area contributed by atoms with Crippen LogP contribution in [0.3, 0.4) is 0 Å². The molecule has 2 N–H and O–H groups in total. The second-order valence-electron chi connectivity index (χ2n) is 3.20. The average molecular weight is 190 g/mol. The Bertz CT molecular complexity index is 255. The van der Waals surface area contributed by atoms with Crippen LogP contribution >= 0.6 is 12.4 Å². The van der Waals surface area contributed by atoms with E-state index in [1.54, 1.807) is 32.0 Å². The molecule has 0 aliphatic carbocycles. The molecule has 3 heteroatoms. The van der Waals surface area contributed by atoms with Gasteiger partial charge in [-0.15, -0.1) is 12.4 Å². The quantitative estimate of drug-likeness (QED) is 0.722. The van der Waals surface area contributed by atoms with Gasteiger partial charge in [-0.1, -0.05) is 18.2 Å². The molecule has 0 aliphatic heterocycles. The first kappa shape index (κ1) is 11.4. The lowest BCUT2D eigenvalue weighted by atomic mass is 9.95. The van der Waals surface area contributed by atoms with Crippen molar-refractivity contribution in [3.05, 3.63) is 35.6 Å². The van der Waals surface area contributed by atoms with Crippen LogP contribution in [0, 0.1) is 5.82 Å². The van der Waals surface area contributed by atoms with Gasteiger partial charge in [-0.05, 0) is 19.9 Å². The van der Waals surface area contributed by atoms with Crippen LogP contribution in [-0.2, 0) is 5.54 Å². The van der Waals surface area contributed by atoms with Crippen LogP contribution in [0.2, 0.25) is 0 Å². The Hall–Kier alpha value is -0.600. The number of nitrogens with two attached hydrogens (primary N) is 1. The molecule has 0 unspecified atom stereocenters. The highest BCUT2D eigenvalue weighted by molar-refractivity contribution is 5.85. The molecule has 0 heterocycles. The van der Waals surface area contributed by atoms with Crippen LogP contribution in [0.25, 0.3) is 0 Å². The van der Waals surface area contributed by atoms with Gasteiger partial charge in [0.05, 0.1) is 0 Å². The van der Waals surface area contributed by atoms with Gasteiger partial charge in [0.15, 0.2) is 0 Å². The highest BCUT2D eigenvalue weighted by Gasteiger charge is 2.17. The van der Waals surface area contributed by atoms with Crippen molar-refractivity contribution in [2.75, 3.05) is 0 Å². The average Bonchev–Trinajstić information content (AvgIpc) is 1.86. The van der Waals surface area contributed by atoms with Gasteiger partial charge in [0.2, 0.25) is 0 Å². The van der Waals surface area contributed by atoms with Crippen molar-refractivity contribution in [2.24, 2.45) is 5.73 Å².